The van der Waals surface area contributed by atoms with Gasteiger partial charge in [0.1, 0.15) is 11.6 Å². The van der Waals surface area contributed by atoms with Crippen molar-refractivity contribution in [3.05, 3.63) is 42.1 Å². The summed E-state index contributed by atoms with van der Waals surface area (Å²) in [6.07, 6.45) is 5.31. The zero-order valence-electron chi connectivity index (χ0n) is 13.5. The summed E-state index contributed by atoms with van der Waals surface area (Å²) in [7, 11) is 0. The number of carbonyl (C=O) groups excluding carboxylic acids is 1. The topological polar surface area (TPSA) is 77.2 Å². The molecule has 23 heavy (non-hydrogen) atoms. The van der Waals surface area contributed by atoms with Crippen LogP contribution >= 0.6 is 0 Å². The second-order valence-corrected chi connectivity index (χ2v) is 5.72. The number of rotatable bonds is 3. The van der Waals surface area contributed by atoms with Gasteiger partial charge in [-0.1, -0.05) is 13.0 Å². The Kier molecular flexibility index (Phi) is 4.57. The minimum atomic E-state index is -0.117. The van der Waals surface area contributed by atoms with Crippen molar-refractivity contribution in [3.8, 4) is 0 Å². The number of piperazine rings is 1. The number of aromatic amines is 1. The van der Waals surface area contributed by atoms with Gasteiger partial charge in [0.25, 0.3) is 0 Å². The number of imidazole rings is 1. The minimum Gasteiger partial charge on any atom is -0.347 e. The van der Waals surface area contributed by atoms with Gasteiger partial charge in [-0.3, -0.25) is 10.2 Å². The molecule has 3 rings (SSSR count). The van der Waals surface area contributed by atoms with Crippen LogP contribution in [0.2, 0.25) is 0 Å². The monoisotopic (exact) mass is 314 g/mol. The Balaban J connectivity index is 1.68. The lowest BCUT2D eigenvalue weighted by Crippen LogP contribution is -2.51. The van der Waals surface area contributed by atoms with Gasteiger partial charge in [0, 0.05) is 38.2 Å². The molecule has 2 amide bonds. The fraction of sp³-hybridized carbons (Fsp3) is 0.438. The van der Waals surface area contributed by atoms with Crippen LogP contribution in [0, 0.1) is 6.92 Å². The van der Waals surface area contributed by atoms with Crippen LogP contribution in [-0.4, -0.2) is 57.0 Å². The lowest BCUT2D eigenvalue weighted by Gasteiger charge is -2.39. The molecule has 3 heterocycles. The molecule has 1 aliphatic rings. The molecular weight excluding hydrogens is 292 g/mol. The van der Waals surface area contributed by atoms with Crippen molar-refractivity contribution in [3.63, 3.8) is 0 Å². The van der Waals surface area contributed by atoms with Crippen molar-refractivity contribution < 1.29 is 4.79 Å². The van der Waals surface area contributed by atoms with Crippen LogP contribution in [0.25, 0.3) is 0 Å². The molecule has 2 aromatic heterocycles. The molecule has 2 aromatic rings. The van der Waals surface area contributed by atoms with Crippen LogP contribution in [0.3, 0.4) is 0 Å². The number of nitrogens with one attached hydrogen (secondary N) is 2. The molecule has 1 atom stereocenters. The SMILES string of the molecule is CCN1CCN(C(=O)Nc2ccc(C)cn2)CC1c1ncc[nH]1. The summed E-state index contributed by atoms with van der Waals surface area (Å²) in [5.41, 5.74) is 1.07. The summed E-state index contributed by atoms with van der Waals surface area (Å²) in [5, 5.41) is 2.86. The van der Waals surface area contributed by atoms with Gasteiger partial charge >= 0.3 is 6.03 Å². The maximum Gasteiger partial charge on any atom is 0.323 e. The van der Waals surface area contributed by atoms with Crippen molar-refractivity contribution in [1.29, 1.82) is 0 Å². The lowest BCUT2D eigenvalue weighted by molar-refractivity contribution is 0.0946. The van der Waals surface area contributed by atoms with Crippen LogP contribution in [0.4, 0.5) is 10.6 Å². The molecule has 0 aliphatic carbocycles. The first-order valence-electron chi connectivity index (χ1n) is 7.89. The molecular formula is C16H22N6O. The number of aryl methyl sites for hydroxylation is 1. The van der Waals surface area contributed by atoms with Crippen LogP contribution in [0.1, 0.15) is 24.4 Å². The minimum absolute atomic E-state index is 0.0977. The summed E-state index contributed by atoms with van der Waals surface area (Å²) in [4.78, 5) is 28.4. The van der Waals surface area contributed by atoms with Crippen molar-refractivity contribution in [1.82, 2.24) is 24.8 Å². The fourth-order valence-electron chi connectivity index (χ4n) is 2.83. The van der Waals surface area contributed by atoms with E-state index in [1.807, 2.05) is 30.2 Å². The molecule has 1 fully saturated rings. The molecule has 7 heteroatoms. The number of hydrogen-bond acceptors (Lipinski definition) is 4. The molecule has 0 aromatic carbocycles. The van der Waals surface area contributed by atoms with Gasteiger partial charge in [0.05, 0.1) is 6.04 Å². The van der Waals surface area contributed by atoms with E-state index in [1.54, 1.807) is 12.4 Å². The van der Waals surface area contributed by atoms with Gasteiger partial charge < -0.3 is 9.88 Å². The predicted molar refractivity (Wildman–Crippen MR) is 88.1 cm³/mol. The first-order chi connectivity index (χ1) is 11.2. The number of hydrogen-bond donors (Lipinski definition) is 2. The van der Waals surface area contributed by atoms with Crippen molar-refractivity contribution in [2.75, 3.05) is 31.5 Å². The second kappa shape index (κ2) is 6.78. The molecule has 1 aliphatic heterocycles. The number of pyridine rings is 1. The fourth-order valence-corrected chi connectivity index (χ4v) is 2.83. The zero-order chi connectivity index (χ0) is 16.2. The van der Waals surface area contributed by atoms with Gasteiger partial charge in [0.2, 0.25) is 0 Å². The number of carbonyl (C=O) groups is 1. The Bertz CT molecular complexity index is 639. The molecule has 1 unspecified atom stereocenters. The summed E-state index contributed by atoms with van der Waals surface area (Å²) >= 11 is 0. The van der Waals surface area contributed by atoms with E-state index < -0.39 is 0 Å². The van der Waals surface area contributed by atoms with E-state index in [0.717, 1.165) is 24.5 Å². The van der Waals surface area contributed by atoms with Gasteiger partial charge in [-0.15, -0.1) is 0 Å². The highest BCUT2D eigenvalue weighted by Gasteiger charge is 2.31. The Hall–Kier alpha value is -2.41. The smallest absolute Gasteiger partial charge is 0.323 e. The third kappa shape index (κ3) is 3.50. The maximum atomic E-state index is 12.5. The molecule has 1 saturated heterocycles. The molecule has 122 valence electrons. The Morgan fingerprint density at radius 1 is 1.39 bits per heavy atom. The number of nitrogens with zero attached hydrogens (tertiary/aromatic N) is 4. The summed E-state index contributed by atoms with van der Waals surface area (Å²) in [6, 6.07) is 3.73. The van der Waals surface area contributed by atoms with Gasteiger partial charge in [0.15, 0.2) is 0 Å². The highest BCUT2D eigenvalue weighted by Crippen LogP contribution is 2.22. The van der Waals surface area contributed by atoms with Gasteiger partial charge in [-0.2, -0.15) is 0 Å². The highest BCUT2D eigenvalue weighted by molar-refractivity contribution is 5.88. The molecule has 0 radical (unpaired) electrons. The van der Waals surface area contributed by atoms with Crippen LogP contribution in [0.15, 0.2) is 30.7 Å². The Morgan fingerprint density at radius 3 is 2.91 bits per heavy atom. The van der Waals surface area contributed by atoms with Crippen molar-refractivity contribution >= 4 is 11.8 Å². The zero-order valence-corrected chi connectivity index (χ0v) is 13.5. The third-order valence-electron chi connectivity index (χ3n) is 4.17. The van der Waals surface area contributed by atoms with E-state index in [1.165, 1.54) is 0 Å². The van der Waals surface area contributed by atoms with Crippen molar-refractivity contribution in [2.45, 2.75) is 19.9 Å². The quantitative estimate of drug-likeness (QED) is 0.908. The standard InChI is InChI=1S/C16H22N6O/c1-3-21-8-9-22(11-13(21)15-17-6-7-18-15)16(23)20-14-5-4-12(2)10-19-14/h4-7,10,13H,3,8-9,11H2,1-2H3,(H,17,18)(H,19,20,23). The summed E-state index contributed by atoms with van der Waals surface area (Å²) < 4.78 is 0. The second-order valence-electron chi connectivity index (χ2n) is 5.72. The van der Waals surface area contributed by atoms with Crippen LogP contribution in [-0.2, 0) is 0 Å². The Labute approximate surface area is 135 Å². The summed E-state index contributed by atoms with van der Waals surface area (Å²) in [5.74, 6) is 1.48. The van der Waals surface area contributed by atoms with E-state index in [2.05, 4.69) is 32.1 Å². The van der Waals surface area contributed by atoms with E-state index in [9.17, 15) is 4.79 Å². The van der Waals surface area contributed by atoms with Crippen molar-refractivity contribution in [2.24, 2.45) is 0 Å². The number of anilines is 1. The van der Waals surface area contributed by atoms with E-state index in [4.69, 9.17) is 0 Å². The van der Waals surface area contributed by atoms with Gasteiger partial charge in [-0.05, 0) is 25.1 Å². The first kappa shape index (κ1) is 15.5. The van der Waals surface area contributed by atoms with E-state index in [0.29, 0.717) is 18.9 Å². The maximum absolute atomic E-state index is 12.5. The number of likely N-dealkylation sites (N-methyl/N-ethyl adjacent to an activating group) is 1. The van der Waals surface area contributed by atoms with Gasteiger partial charge in [-0.25, -0.2) is 14.8 Å². The number of amides is 2. The number of H-pyrrole nitrogens is 1. The third-order valence-corrected chi connectivity index (χ3v) is 4.17. The van der Waals surface area contributed by atoms with E-state index in [-0.39, 0.29) is 12.1 Å². The highest BCUT2D eigenvalue weighted by atomic mass is 16.2. The molecule has 0 saturated carbocycles. The average molecular weight is 314 g/mol. The number of urea groups is 1. The summed E-state index contributed by atoms with van der Waals surface area (Å²) in [6.45, 7) is 7.16. The molecule has 7 nitrogen and oxygen atoms in total. The first-order valence-corrected chi connectivity index (χ1v) is 7.89. The lowest BCUT2D eigenvalue weighted by atomic mass is 10.1. The predicted octanol–water partition coefficient (Wildman–Crippen LogP) is 2.02. The number of aromatic nitrogens is 3. The van der Waals surface area contributed by atoms with Crippen LogP contribution in [0.5, 0.6) is 0 Å². The average Bonchev–Trinajstić information content (AvgIpc) is 3.10. The molecule has 0 bridgehead atoms. The van der Waals surface area contributed by atoms with Crippen LogP contribution < -0.4 is 5.32 Å². The normalized spacial score (nSPS) is 18.9. The van der Waals surface area contributed by atoms with E-state index >= 15 is 0 Å². The Morgan fingerprint density at radius 2 is 2.26 bits per heavy atom. The molecule has 2 N–H and O–H groups in total. The largest absolute Gasteiger partial charge is 0.347 e. The molecule has 0 spiro atoms.